The number of aromatic nitrogens is 1. The third kappa shape index (κ3) is 8.11. The van der Waals surface area contributed by atoms with Gasteiger partial charge in [0.1, 0.15) is 17.0 Å². The van der Waals surface area contributed by atoms with E-state index in [0.717, 1.165) is 15.4 Å². The third-order valence-corrected chi connectivity index (χ3v) is 6.99. The fraction of sp³-hybridized carbons (Fsp3) is 0.533. The maximum absolute atomic E-state index is 13.5. The van der Waals surface area contributed by atoms with Crippen LogP contribution in [-0.2, 0) is 27.3 Å². The summed E-state index contributed by atoms with van der Waals surface area (Å²) in [6, 6.07) is 6.72. The molecular formula is C30H37ClF2N4O6. The Hall–Kier alpha value is -3.51. The topological polar surface area (TPSA) is 110 Å². The Morgan fingerprint density at radius 1 is 1.14 bits per heavy atom. The van der Waals surface area contributed by atoms with Gasteiger partial charge in [0, 0.05) is 23.1 Å². The van der Waals surface area contributed by atoms with Crippen molar-refractivity contribution in [1.29, 1.82) is 0 Å². The van der Waals surface area contributed by atoms with Gasteiger partial charge in [0.2, 0.25) is 0 Å². The summed E-state index contributed by atoms with van der Waals surface area (Å²) in [5, 5.41) is 3.44. The van der Waals surface area contributed by atoms with Crippen LogP contribution < -0.4 is 5.32 Å². The van der Waals surface area contributed by atoms with E-state index in [-0.39, 0.29) is 24.6 Å². The molecule has 0 bridgehead atoms. The Kier molecular flexibility index (Phi) is 9.51. The van der Waals surface area contributed by atoms with Crippen molar-refractivity contribution in [3.63, 3.8) is 0 Å². The van der Waals surface area contributed by atoms with Gasteiger partial charge in [0.25, 0.3) is 12.3 Å². The van der Waals surface area contributed by atoms with Crippen molar-refractivity contribution >= 4 is 41.2 Å². The number of ether oxygens (including phenoxy) is 3. The van der Waals surface area contributed by atoms with E-state index in [1.807, 2.05) is 6.07 Å². The van der Waals surface area contributed by atoms with Crippen LogP contribution in [0.25, 0.3) is 0 Å². The van der Waals surface area contributed by atoms with Crippen LogP contribution in [-0.4, -0.2) is 70.3 Å². The zero-order valence-corrected chi connectivity index (χ0v) is 25.9. The molecule has 1 aromatic heterocycles. The van der Waals surface area contributed by atoms with E-state index in [1.165, 1.54) is 0 Å². The highest BCUT2D eigenvalue weighted by Gasteiger charge is 2.38. The predicted octanol–water partition coefficient (Wildman–Crippen LogP) is 6.88. The largest absolute Gasteiger partial charge is 0.444 e. The highest BCUT2D eigenvalue weighted by Crippen LogP contribution is 2.37. The highest BCUT2D eigenvalue weighted by molar-refractivity contribution is 6.32. The second-order valence-electron chi connectivity index (χ2n) is 12.5. The number of halogens is 3. The van der Waals surface area contributed by atoms with Crippen molar-refractivity contribution in [2.24, 2.45) is 0 Å². The average Bonchev–Trinajstić information content (AvgIpc) is 3.52. The molecule has 1 saturated heterocycles. The molecule has 13 heteroatoms. The molecule has 10 nitrogen and oxygen atoms in total. The Morgan fingerprint density at radius 3 is 2.44 bits per heavy atom. The second kappa shape index (κ2) is 12.6. The monoisotopic (exact) mass is 622 g/mol. The molecular weight excluding hydrogens is 586 g/mol. The minimum absolute atomic E-state index is 0.0349. The molecule has 1 atom stereocenters. The smallest absolute Gasteiger partial charge is 0.417 e. The molecule has 1 N–H and O–H groups in total. The van der Waals surface area contributed by atoms with Crippen molar-refractivity contribution in [3.05, 3.63) is 51.7 Å². The van der Waals surface area contributed by atoms with E-state index in [9.17, 15) is 23.2 Å². The number of fused-ring (bicyclic) bond motifs is 1. The number of carbonyl (C=O) groups excluding carboxylic acids is 3. The van der Waals surface area contributed by atoms with Gasteiger partial charge in [-0.1, -0.05) is 17.7 Å². The summed E-state index contributed by atoms with van der Waals surface area (Å²) < 4.78 is 43.4. The number of rotatable bonds is 7. The molecule has 0 saturated carbocycles. The second-order valence-corrected chi connectivity index (χ2v) is 12.9. The van der Waals surface area contributed by atoms with E-state index >= 15 is 0 Å². The van der Waals surface area contributed by atoms with Gasteiger partial charge in [-0.05, 0) is 71.7 Å². The molecule has 3 heterocycles. The highest BCUT2D eigenvalue weighted by atomic mass is 35.5. The van der Waals surface area contributed by atoms with Gasteiger partial charge in [0.05, 0.1) is 43.2 Å². The maximum Gasteiger partial charge on any atom is 0.417 e. The predicted molar refractivity (Wildman–Crippen MR) is 156 cm³/mol. The number of nitrogens with zero attached hydrogens (tertiary/aromatic N) is 3. The summed E-state index contributed by atoms with van der Waals surface area (Å²) >= 11 is 6.41. The Labute approximate surface area is 254 Å². The fourth-order valence-corrected chi connectivity index (χ4v) is 5.05. The number of nitrogens with one attached hydrogen (secondary N) is 1. The summed E-state index contributed by atoms with van der Waals surface area (Å²) in [5.41, 5.74) is 0.464. The van der Waals surface area contributed by atoms with E-state index < -0.39 is 42.3 Å². The molecule has 0 radical (unpaired) electrons. The first kappa shape index (κ1) is 32.4. The summed E-state index contributed by atoms with van der Waals surface area (Å²) in [6.07, 6.45) is -3.75. The van der Waals surface area contributed by atoms with Crippen molar-refractivity contribution in [3.8, 4) is 0 Å². The molecule has 43 heavy (non-hydrogen) atoms. The Balaban J connectivity index is 1.67. The van der Waals surface area contributed by atoms with Gasteiger partial charge in [-0.15, -0.1) is 0 Å². The van der Waals surface area contributed by atoms with Crippen LogP contribution in [0.1, 0.15) is 81.1 Å². The van der Waals surface area contributed by atoms with Crippen LogP contribution in [0.3, 0.4) is 0 Å². The fourth-order valence-electron chi connectivity index (χ4n) is 4.83. The molecule has 4 rings (SSSR count). The maximum atomic E-state index is 13.5. The molecule has 1 unspecified atom stereocenters. The Bertz CT molecular complexity index is 1390. The van der Waals surface area contributed by atoms with Crippen LogP contribution >= 0.6 is 11.6 Å². The SMILES string of the molecule is CC(C)(C)OC(=O)N(Cc1nc(Nc2ccc(Cl)c3c2C(=O)N(C(=O)OC(C)(C)C)C3)ccc1C1CCOC1)CC(F)F. The van der Waals surface area contributed by atoms with Gasteiger partial charge in [-0.2, -0.15) is 0 Å². The van der Waals surface area contributed by atoms with E-state index in [2.05, 4.69) is 5.32 Å². The molecule has 2 aliphatic heterocycles. The molecule has 1 aromatic carbocycles. The van der Waals surface area contributed by atoms with Gasteiger partial charge in [-0.25, -0.2) is 28.3 Å². The van der Waals surface area contributed by atoms with E-state index in [4.69, 9.17) is 30.8 Å². The number of amides is 3. The molecule has 1 fully saturated rings. The number of anilines is 2. The standard InChI is InChI=1S/C30H37ClF2N4O6/c1-29(2,3)42-27(39)36(15-23(32)33)14-22-18(17-11-12-41-16-17)7-10-24(35-22)34-21-9-8-20(31)19-13-37(26(38)25(19)21)28(40)43-30(4,5)6/h7-10,17,23H,11-16H2,1-6H3,(H,34,35). The molecule has 2 aliphatic rings. The number of alkyl halides is 2. The lowest BCUT2D eigenvalue weighted by molar-refractivity contribution is 0.00777. The van der Waals surface area contributed by atoms with Crippen LogP contribution in [0.5, 0.6) is 0 Å². The number of imide groups is 1. The van der Waals surface area contributed by atoms with Crippen LogP contribution in [0.4, 0.5) is 29.9 Å². The number of carbonyl (C=O) groups is 3. The summed E-state index contributed by atoms with van der Waals surface area (Å²) in [5.74, 6) is -0.318. The lowest BCUT2D eigenvalue weighted by Gasteiger charge is -2.28. The molecule has 0 aliphatic carbocycles. The van der Waals surface area contributed by atoms with Gasteiger partial charge in [0.15, 0.2) is 0 Å². The molecule has 234 valence electrons. The van der Waals surface area contributed by atoms with Crippen molar-refractivity contribution in [2.75, 3.05) is 25.1 Å². The quantitative estimate of drug-likeness (QED) is 0.356. The van der Waals surface area contributed by atoms with Crippen LogP contribution in [0.2, 0.25) is 5.02 Å². The van der Waals surface area contributed by atoms with Gasteiger partial charge < -0.3 is 19.5 Å². The molecule has 2 aromatic rings. The Morgan fingerprint density at radius 2 is 1.84 bits per heavy atom. The first-order valence-electron chi connectivity index (χ1n) is 14.0. The minimum atomic E-state index is -2.79. The lowest BCUT2D eigenvalue weighted by atomic mass is 9.96. The number of hydrogen-bond donors (Lipinski definition) is 1. The van der Waals surface area contributed by atoms with Gasteiger partial charge in [-0.3, -0.25) is 9.69 Å². The lowest BCUT2D eigenvalue weighted by Crippen LogP contribution is -2.39. The minimum Gasteiger partial charge on any atom is -0.444 e. The first-order valence-corrected chi connectivity index (χ1v) is 14.4. The summed E-state index contributed by atoms with van der Waals surface area (Å²) in [7, 11) is 0. The molecule has 0 spiro atoms. The van der Waals surface area contributed by atoms with Crippen LogP contribution in [0.15, 0.2) is 24.3 Å². The van der Waals surface area contributed by atoms with Crippen molar-refractivity contribution in [2.45, 2.75) is 84.6 Å². The van der Waals surface area contributed by atoms with Gasteiger partial charge >= 0.3 is 12.2 Å². The zero-order valence-electron chi connectivity index (χ0n) is 25.1. The van der Waals surface area contributed by atoms with E-state index in [1.54, 1.807) is 59.7 Å². The average molecular weight is 623 g/mol. The number of pyridine rings is 1. The third-order valence-electron chi connectivity index (χ3n) is 6.64. The zero-order chi connectivity index (χ0) is 31.7. The summed E-state index contributed by atoms with van der Waals surface area (Å²) in [4.78, 5) is 45.6. The molecule has 3 amide bonds. The number of hydrogen-bond acceptors (Lipinski definition) is 8. The van der Waals surface area contributed by atoms with Crippen molar-refractivity contribution < 1.29 is 37.4 Å². The summed E-state index contributed by atoms with van der Waals surface area (Å²) in [6.45, 7) is 9.93. The first-order chi connectivity index (χ1) is 20.0. The van der Waals surface area contributed by atoms with E-state index in [0.29, 0.717) is 47.4 Å². The van der Waals surface area contributed by atoms with Crippen LogP contribution in [0, 0.1) is 0 Å². The van der Waals surface area contributed by atoms with Crippen molar-refractivity contribution in [1.82, 2.24) is 14.8 Å². The number of benzene rings is 1. The normalized spacial score (nSPS) is 16.8.